The van der Waals surface area contributed by atoms with E-state index < -0.39 is 11.6 Å². The van der Waals surface area contributed by atoms with Crippen molar-refractivity contribution < 1.29 is 13.6 Å². The molecule has 1 aliphatic heterocycles. The molecule has 1 aromatic rings. The fourth-order valence-corrected chi connectivity index (χ4v) is 2.91. The average molecular weight is 317 g/mol. The summed E-state index contributed by atoms with van der Waals surface area (Å²) in [5, 5.41) is 6.23. The summed E-state index contributed by atoms with van der Waals surface area (Å²) in [5.41, 5.74) is 0.326. The molecule has 0 radical (unpaired) electrons. The molecule has 1 saturated carbocycles. The Hall–Kier alpha value is -1.20. The van der Waals surface area contributed by atoms with E-state index in [0.717, 1.165) is 38.1 Å². The second kappa shape index (κ2) is 6.71. The van der Waals surface area contributed by atoms with Gasteiger partial charge < -0.3 is 10.6 Å². The van der Waals surface area contributed by atoms with E-state index in [4.69, 9.17) is 0 Å². The lowest BCUT2D eigenvalue weighted by Crippen LogP contribution is -2.46. The highest BCUT2D eigenvalue weighted by atomic mass is 35.5. The van der Waals surface area contributed by atoms with Crippen molar-refractivity contribution in [1.29, 1.82) is 0 Å². The van der Waals surface area contributed by atoms with Crippen LogP contribution in [0.15, 0.2) is 18.2 Å². The first-order valence-electron chi connectivity index (χ1n) is 7.11. The predicted molar refractivity (Wildman–Crippen MR) is 78.5 cm³/mol. The van der Waals surface area contributed by atoms with Crippen LogP contribution in [0, 0.1) is 17.6 Å². The van der Waals surface area contributed by atoms with Gasteiger partial charge in [-0.25, -0.2) is 8.78 Å². The molecule has 1 saturated heterocycles. The van der Waals surface area contributed by atoms with Crippen LogP contribution in [0.2, 0.25) is 0 Å². The summed E-state index contributed by atoms with van der Waals surface area (Å²) in [4.78, 5) is 12.1. The maximum Gasteiger partial charge on any atom is 0.224 e. The van der Waals surface area contributed by atoms with E-state index in [1.165, 1.54) is 6.07 Å². The summed E-state index contributed by atoms with van der Waals surface area (Å²) in [6.45, 7) is 1.78. The second-order valence-electron chi connectivity index (χ2n) is 5.67. The molecule has 0 spiro atoms. The van der Waals surface area contributed by atoms with Crippen molar-refractivity contribution in [3.05, 3.63) is 35.4 Å². The van der Waals surface area contributed by atoms with Gasteiger partial charge >= 0.3 is 0 Å². The lowest BCUT2D eigenvalue weighted by atomic mass is 10.1. The van der Waals surface area contributed by atoms with Crippen LogP contribution in [0.5, 0.6) is 0 Å². The Kier molecular flexibility index (Phi) is 5.17. The molecule has 1 heterocycles. The number of rotatable bonds is 3. The molecule has 3 atom stereocenters. The summed E-state index contributed by atoms with van der Waals surface area (Å²) in [6.07, 6.45) is 2.63. The van der Waals surface area contributed by atoms with Gasteiger partial charge in [0, 0.05) is 18.5 Å². The molecule has 6 heteroatoms. The van der Waals surface area contributed by atoms with E-state index in [9.17, 15) is 13.6 Å². The van der Waals surface area contributed by atoms with Crippen LogP contribution in [0.1, 0.15) is 30.7 Å². The molecule has 1 aromatic carbocycles. The van der Waals surface area contributed by atoms with Gasteiger partial charge in [0.1, 0.15) is 11.6 Å². The van der Waals surface area contributed by atoms with Gasteiger partial charge in [-0.2, -0.15) is 0 Å². The molecule has 2 unspecified atom stereocenters. The highest BCUT2D eigenvalue weighted by Gasteiger charge is 2.45. The summed E-state index contributed by atoms with van der Waals surface area (Å²) in [5.74, 6) is -1.31. The summed E-state index contributed by atoms with van der Waals surface area (Å²) in [7, 11) is 0. The van der Waals surface area contributed by atoms with Gasteiger partial charge in [0.2, 0.25) is 5.91 Å². The van der Waals surface area contributed by atoms with Crippen LogP contribution in [0.4, 0.5) is 8.78 Å². The van der Waals surface area contributed by atoms with Crippen molar-refractivity contribution >= 4 is 18.3 Å². The van der Waals surface area contributed by atoms with Gasteiger partial charge in [-0.15, -0.1) is 12.4 Å². The van der Waals surface area contributed by atoms with E-state index >= 15 is 0 Å². The fourth-order valence-electron chi connectivity index (χ4n) is 2.91. The number of piperidine rings is 1. The Bertz CT molecular complexity index is 520. The molecule has 0 bridgehead atoms. The van der Waals surface area contributed by atoms with Crippen LogP contribution in [-0.4, -0.2) is 25.0 Å². The molecule has 2 N–H and O–H groups in total. The second-order valence-corrected chi connectivity index (χ2v) is 5.67. The number of carbonyl (C=O) groups is 1. The standard InChI is InChI=1S/C15H18F2N2O.ClH/c16-9-3-4-14(17)12(6-9)11-7-13(11)15(20)19-10-2-1-5-18-8-10;/h3-4,6,10-11,13,18H,1-2,5,7-8H2,(H,19,20);1H/t10-,11?,13?;/m0./s1. The Morgan fingerprint density at radius 2 is 2.14 bits per heavy atom. The normalized spacial score (nSPS) is 27.6. The largest absolute Gasteiger partial charge is 0.352 e. The average Bonchev–Trinajstić information content (AvgIpc) is 3.23. The van der Waals surface area contributed by atoms with Gasteiger partial charge in [0.15, 0.2) is 0 Å². The van der Waals surface area contributed by atoms with E-state index in [0.29, 0.717) is 12.0 Å². The van der Waals surface area contributed by atoms with Crippen molar-refractivity contribution in [1.82, 2.24) is 10.6 Å². The van der Waals surface area contributed by atoms with Crippen molar-refractivity contribution in [2.24, 2.45) is 5.92 Å². The van der Waals surface area contributed by atoms with Crippen LogP contribution >= 0.6 is 12.4 Å². The van der Waals surface area contributed by atoms with Crippen molar-refractivity contribution in [2.75, 3.05) is 13.1 Å². The minimum Gasteiger partial charge on any atom is -0.352 e. The first kappa shape index (κ1) is 16.2. The van der Waals surface area contributed by atoms with E-state index in [1.807, 2.05) is 0 Å². The monoisotopic (exact) mass is 316 g/mol. The minimum atomic E-state index is -0.455. The Balaban J connectivity index is 0.00000161. The maximum atomic E-state index is 13.6. The lowest BCUT2D eigenvalue weighted by Gasteiger charge is -2.23. The quantitative estimate of drug-likeness (QED) is 0.899. The van der Waals surface area contributed by atoms with Gasteiger partial charge in [-0.1, -0.05) is 0 Å². The van der Waals surface area contributed by atoms with Crippen molar-refractivity contribution in [2.45, 2.75) is 31.2 Å². The Morgan fingerprint density at radius 1 is 1.33 bits per heavy atom. The highest BCUT2D eigenvalue weighted by molar-refractivity contribution is 5.85. The zero-order valence-corrected chi connectivity index (χ0v) is 12.4. The van der Waals surface area contributed by atoms with Crippen molar-refractivity contribution in [3.63, 3.8) is 0 Å². The van der Waals surface area contributed by atoms with Gasteiger partial charge in [-0.3, -0.25) is 4.79 Å². The topological polar surface area (TPSA) is 41.1 Å². The molecule has 116 valence electrons. The van der Waals surface area contributed by atoms with Crippen LogP contribution in [-0.2, 0) is 4.79 Å². The number of amides is 1. The number of carbonyl (C=O) groups excluding carboxylic acids is 1. The summed E-state index contributed by atoms with van der Waals surface area (Å²) < 4.78 is 26.8. The van der Waals surface area contributed by atoms with E-state index in [2.05, 4.69) is 10.6 Å². The van der Waals surface area contributed by atoms with Crippen LogP contribution < -0.4 is 10.6 Å². The van der Waals surface area contributed by atoms with E-state index in [1.54, 1.807) is 0 Å². The van der Waals surface area contributed by atoms with Crippen molar-refractivity contribution in [3.8, 4) is 0 Å². The molecule has 2 fully saturated rings. The minimum absolute atomic E-state index is 0. The molecule has 1 aliphatic carbocycles. The first-order valence-corrected chi connectivity index (χ1v) is 7.11. The number of hydrogen-bond acceptors (Lipinski definition) is 2. The van der Waals surface area contributed by atoms with E-state index in [-0.39, 0.29) is 36.2 Å². The number of hydrogen-bond donors (Lipinski definition) is 2. The zero-order valence-electron chi connectivity index (χ0n) is 11.6. The highest BCUT2D eigenvalue weighted by Crippen LogP contribution is 2.48. The Morgan fingerprint density at radius 3 is 2.86 bits per heavy atom. The molecule has 21 heavy (non-hydrogen) atoms. The third-order valence-corrected chi connectivity index (χ3v) is 4.13. The number of nitrogens with one attached hydrogen (secondary N) is 2. The zero-order chi connectivity index (χ0) is 14.1. The molecule has 1 amide bonds. The summed E-state index contributed by atoms with van der Waals surface area (Å²) in [6, 6.07) is 3.59. The van der Waals surface area contributed by atoms with Gasteiger partial charge in [0.25, 0.3) is 0 Å². The fraction of sp³-hybridized carbons (Fsp3) is 0.533. The molecule has 2 aliphatic rings. The molecule has 3 rings (SSSR count). The molecule has 3 nitrogen and oxygen atoms in total. The molecular formula is C15H19ClF2N2O. The number of benzene rings is 1. The Labute approximate surface area is 128 Å². The molecular weight excluding hydrogens is 298 g/mol. The van der Waals surface area contributed by atoms with Crippen LogP contribution in [0.3, 0.4) is 0 Å². The summed E-state index contributed by atoms with van der Waals surface area (Å²) >= 11 is 0. The third kappa shape index (κ3) is 3.71. The van der Waals surface area contributed by atoms with Gasteiger partial charge in [-0.05, 0) is 55.5 Å². The van der Waals surface area contributed by atoms with Crippen LogP contribution in [0.25, 0.3) is 0 Å². The predicted octanol–water partition coefficient (Wildman–Crippen LogP) is 2.36. The maximum absolute atomic E-state index is 13.6. The number of halogens is 3. The molecule has 0 aromatic heterocycles. The smallest absolute Gasteiger partial charge is 0.224 e. The SMILES string of the molecule is Cl.O=C(N[C@H]1CCCNC1)C1CC1c1cc(F)ccc1F. The van der Waals surface area contributed by atoms with Gasteiger partial charge in [0.05, 0.1) is 0 Å². The third-order valence-electron chi connectivity index (χ3n) is 4.13. The lowest BCUT2D eigenvalue weighted by molar-refractivity contribution is -0.123. The first-order chi connectivity index (χ1) is 9.65.